The molecule has 0 radical (unpaired) electrons. The molecule has 1 aliphatic rings. The number of ether oxygens (including phenoxy) is 1. The minimum atomic E-state index is -0.438. The highest BCUT2D eigenvalue weighted by Gasteiger charge is 2.20. The van der Waals surface area contributed by atoms with E-state index >= 15 is 0 Å². The van der Waals surface area contributed by atoms with Crippen LogP contribution in [0.3, 0.4) is 0 Å². The maximum Gasteiger partial charge on any atom is 0.251 e. The van der Waals surface area contributed by atoms with Gasteiger partial charge in [-0.05, 0) is 19.1 Å². The molecule has 1 fully saturated rings. The normalized spacial score (nSPS) is 17.2. The molecular formula is C15H22ClN3O3. The molecule has 122 valence electrons. The Hall–Kier alpha value is -1.63. The minimum absolute atomic E-state index is 0. The Labute approximate surface area is 136 Å². The number of hydrogen-bond acceptors (Lipinski definition) is 4. The first kappa shape index (κ1) is 18.4. The van der Waals surface area contributed by atoms with Gasteiger partial charge in [0.05, 0.1) is 6.61 Å². The molecule has 1 aromatic carbocycles. The number of carbonyl (C=O) groups excluding carboxylic acids is 2. The largest absolute Gasteiger partial charge is 0.366 e. The quantitative estimate of drug-likeness (QED) is 0.677. The zero-order chi connectivity index (χ0) is 15.1. The molecule has 1 heterocycles. The molecule has 1 saturated heterocycles. The zero-order valence-electron chi connectivity index (χ0n) is 12.6. The number of morpholine rings is 1. The Bertz CT molecular complexity index is 487. The summed E-state index contributed by atoms with van der Waals surface area (Å²) in [6.45, 7) is 4.59. The molecule has 1 aliphatic heterocycles. The van der Waals surface area contributed by atoms with E-state index in [1.807, 2.05) is 19.1 Å². The van der Waals surface area contributed by atoms with Crippen LogP contribution in [0.15, 0.2) is 24.3 Å². The van der Waals surface area contributed by atoms with Gasteiger partial charge in [0.2, 0.25) is 0 Å². The van der Waals surface area contributed by atoms with Crippen molar-refractivity contribution in [3.8, 4) is 0 Å². The molecule has 1 unspecified atom stereocenters. The standard InChI is InChI=1S/C15H21N3O3.ClH/c1-11-2-4-12(5-3-11)14(19)17-6-7-18-15(20)13-10-16-8-9-21-13;/h2-5,13,16H,6-10H2,1H3,(H,17,19)(H,18,20);1H. The second-order valence-electron chi connectivity index (χ2n) is 4.98. The fourth-order valence-corrected chi connectivity index (χ4v) is 2.02. The molecule has 2 amide bonds. The summed E-state index contributed by atoms with van der Waals surface area (Å²) in [6.07, 6.45) is -0.438. The number of aryl methyl sites for hydroxylation is 1. The zero-order valence-corrected chi connectivity index (χ0v) is 13.4. The molecule has 2 rings (SSSR count). The first-order valence-electron chi connectivity index (χ1n) is 7.12. The van der Waals surface area contributed by atoms with Crippen molar-refractivity contribution in [2.75, 3.05) is 32.8 Å². The van der Waals surface area contributed by atoms with E-state index in [4.69, 9.17) is 4.74 Å². The first-order chi connectivity index (χ1) is 10.2. The predicted octanol–water partition coefficient (Wildman–Crippen LogP) is 0.251. The smallest absolute Gasteiger partial charge is 0.251 e. The second kappa shape index (κ2) is 9.40. The van der Waals surface area contributed by atoms with Crippen molar-refractivity contribution in [2.24, 2.45) is 0 Å². The van der Waals surface area contributed by atoms with Crippen molar-refractivity contribution in [1.29, 1.82) is 0 Å². The van der Waals surface area contributed by atoms with E-state index in [9.17, 15) is 9.59 Å². The van der Waals surface area contributed by atoms with Gasteiger partial charge in [0, 0.05) is 31.7 Å². The summed E-state index contributed by atoms with van der Waals surface area (Å²) in [5.41, 5.74) is 1.73. The van der Waals surface area contributed by atoms with Crippen molar-refractivity contribution < 1.29 is 14.3 Å². The molecular weight excluding hydrogens is 306 g/mol. The molecule has 0 saturated carbocycles. The van der Waals surface area contributed by atoms with Crippen LogP contribution in [-0.2, 0) is 9.53 Å². The maximum absolute atomic E-state index is 11.8. The molecule has 0 aliphatic carbocycles. The van der Waals surface area contributed by atoms with Gasteiger partial charge in [-0.3, -0.25) is 9.59 Å². The summed E-state index contributed by atoms with van der Waals surface area (Å²) in [6, 6.07) is 7.35. The van der Waals surface area contributed by atoms with Gasteiger partial charge in [0.15, 0.2) is 0 Å². The monoisotopic (exact) mass is 327 g/mol. The molecule has 7 heteroatoms. The van der Waals surface area contributed by atoms with Crippen molar-refractivity contribution in [2.45, 2.75) is 13.0 Å². The maximum atomic E-state index is 11.8. The van der Waals surface area contributed by atoms with Gasteiger partial charge < -0.3 is 20.7 Å². The van der Waals surface area contributed by atoms with Gasteiger partial charge in [-0.15, -0.1) is 12.4 Å². The topological polar surface area (TPSA) is 79.5 Å². The lowest BCUT2D eigenvalue weighted by molar-refractivity contribution is -0.134. The van der Waals surface area contributed by atoms with Gasteiger partial charge in [0.25, 0.3) is 11.8 Å². The van der Waals surface area contributed by atoms with Crippen LogP contribution in [0, 0.1) is 6.92 Å². The third-order valence-electron chi connectivity index (χ3n) is 3.24. The van der Waals surface area contributed by atoms with Crippen LogP contribution in [0.25, 0.3) is 0 Å². The van der Waals surface area contributed by atoms with Crippen LogP contribution >= 0.6 is 12.4 Å². The Morgan fingerprint density at radius 1 is 1.23 bits per heavy atom. The Morgan fingerprint density at radius 3 is 2.55 bits per heavy atom. The van der Waals surface area contributed by atoms with Crippen molar-refractivity contribution in [1.82, 2.24) is 16.0 Å². The lowest BCUT2D eigenvalue weighted by Gasteiger charge is -2.22. The number of carbonyl (C=O) groups is 2. The van der Waals surface area contributed by atoms with Crippen molar-refractivity contribution >= 4 is 24.2 Å². The number of halogens is 1. The van der Waals surface area contributed by atoms with Gasteiger partial charge in [0.1, 0.15) is 6.10 Å². The van der Waals surface area contributed by atoms with E-state index in [1.54, 1.807) is 12.1 Å². The van der Waals surface area contributed by atoms with Crippen LogP contribution in [-0.4, -0.2) is 50.7 Å². The summed E-state index contributed by atoms with van der Waals surface area (Å²) in [4.78, 5) is 23.6. The summed E-state index contributed by atoms with van der Waals surface area (Å²) in [5.74, 6) is -0.286. The summed E-state index contributed by atoms with van der Waals surface area (Å²) >= 11 is 0. The van der Waals surface area contributed by atoms with E-state index in [2.05, 4.69) is 16.0 Å². The summed E-state index contributed by atoms with van der Waals surface area (Å²) < 4.78 is 5.34. The van der Waals surface area contributed by atoms with Crippen LogP contribution < -0.4 is 16.0 Å². The summed E-state index contributed by atoms with van der Waals surface area (Å²) in [7, 11) is 0. The molecule has 22 heavy (non-hydrogen) atoms. The highest BCUT2D eigenvalue weighted by molar-refractivity contribution is 5.94. The highest BCUT2D eigenvalue weighted by Crippen LogP contribution is 2.02. The van der Waals surface area contributed by atoms with Gasteiger partial charge in [-0.2, -0.15) is 0 Å². The Morgan fingerprint density at radius 2 is 1.91 bits per heavy atom. The third kappa shape index (κ3) is 5.63. The van der Waals surface area contributed by atoms with Gasteiger partial charge in [-0.1, -0.05) is 17.7 Å². The SMILES string of the molecule is Cc1ccc(C(=O)NCCNC(=O)C2CNCCO2)cc1.Cl. The number of hydrogen-bond donors (Lipinski definition) is 3. The lowest BCUT2D eigenvalue weighted by atomic mass is 10.1. The Balaban J connectivity index is 0.00000242. The molecule has 6 nitrogen and oxygen atoms in total. The molecule has 0 aromatic heterocycles. The predicted molar refractivity (Wildman–Crippen MR) is 86.4 cm³/mol. The number of benzene rings is 1. The van der Waals surface area contributed by atoms with Gasteiger partial charge in [-0.25, -0.2) is 0 Å². The van der Waals surface area contributed by atoms with Crippen LogP contribution in [0.4, 0.5) is 0 Å². The van der Waals surface area contributed by atoms with Crippen LogP contribution in [0.5, 0.6) is 0 Å². The molecule has 1 atom stereocenters. The van der Waals surface area contributed by atoms with Crippen LogP contribution in [0.1, 0.15) is 15.9 Å². The van der Waals surface area contributed by atoms with E-state index in [0.29, 0.717) is 31.8 Å². The molecule has 0 spiro atoms. The number of nitrogens with one attached hydrogen (secondary N) is 3. The van der Waals surface area contributed by atoms with E-state index in [1.165, 1.54) is 0 Å². The minimum Gasteiger partial charge on any atom is -0.366 e. The first-order valence-corrected chi connectivity index (χ1v) is 7.12. The van der Waals surface area contributed by atoms with Crippen LogP contribution in [0.2, 0.25) is 0 Å². The van der Waals surface area contributed by atoms with E-state index in [-0.39, 0.29) is 24.2 Å². The fraction of sp³-hybridized carbons (Fsp3) is 0.467. The van der Waals surface area contributed by atoms with E-state index < -0.39 is 6.10 Å². The van der Waals surface area contributed by atoms with E-state index in [0.717, 1.165) is 12.1 Å². The Kier molecular flexibility index (Phi) is 7.87. The number of rotatable bonds is 5. The number of amides is 2. The molecule has 3 N–H and O–H groups in total. The fourth-order valence-electron chi connectivity index (χ4n) is 2.02. The molecule has 0 bridgehead atoms. The van der Waals surface area contributed by atoms with Gasteiger partial charge >= 0.3 is 0 Å². The second-order valence-corrected chi connectivity index (χ2v) is 4.98. The van der Waals surface area contributed by atoms with Crippen molar-refractivity contribution in [3.05, 3.63) is 35.4 Å². The van der Waals surface area contributed by atoms with Crippen molar-refractivity contribution in [3.63, 3.8) is 0 Å². The summed E-state index contributed by atoms with van der Waals surface area (Å²) in [5, 5.41) is 8.61. The average molecular weight is 328 g/mol. The lowest BCUT2D eigenvalue weighted by Crippen LogP contribution is -2.49. The average Bonchev–Trinajstić information content (AvgIpc) is 2.52. The third-order valence-corrected chi connectivity index (χ3v) is 3.24. The molecule has 1 aromatic rings. The highest BCUT2D eigenvalue weighted by atomic mass is 35.5.